The van der Waals surface area contributed by atoms with Crippen LogP contribution < -0.4 is 4.90 Å². The highest BCUT2D eigenvalue weighted by molar-refractivity contribution is 5.61. The van der Waals surface area contributed by atoms with Crippen LogP contribution >= 0.6 is 0 Å². The maximum Gasteiger partial charge on any atom is 0.161 e. The largest absolute Gasteiger partial charge is 0.378 e. The Morgan fingerprint density at radius 3 is 2.57 bits per heavy atom. The quantitative estimate of drug-likeness (QED) is 0.848. The second kappa shape index (κ2) is 6.26. The second-order valence-corrected chi connectivity index (χ2v) is 6.25. The van der Waals surface area contributed by atoms with E-state index >= 15 is 0 Å². The van der Waals surface area contributed by atoms with Crippen molar-refractivity contribution in [1.29, 1.82) is 0 Å². The number of nitrogens with zero attached hydrogens (tertiary/aromatic N) is 4. The van der Waals surface area contributed by atoms with Gasteiger partial charge in [0.05, 0.1) is 18.9 Å². The van der Waals surface area contributed by atoms with Crippen LogP contribution in [0.5, 0.6) is 0 Å². The van der Waals surface area contributed by atoms with Crippen molar-refractivity contribution in [3.8, 4) is 11.4 Å². The summed E-state index contributed by atoms with van der Waals surface area (Å²) < 4.78 is 5.51. The van der Waals surface area contributed by atoms with Crippen molar-refractivity contribution >= 4 is 5.82 Å². The van der Waals surface area contributed by atoms with Gasteiger partial charge in [0.1, 0.15) is 5.82 Å². The van der Waals surface area contributed by atoms with Gasteiger partial charge in [0.25, 0.3) is 0 Å². The normalized spacial score (nSPS) is 18.7. The Balaban J connectivity index is 1.81. The Bertz CT molecular complexity index is 683. The fourth-order valence-corrected chi connectivity index (χ4v) is 3.28. The van der Waals surface area contributed by atoms with Gasteiger partial charge < -0.3 is 14.5 Å². The predicted octanol–water partition coefficient (Wildman–Crippen LogP) is 1.97. The average molecular weight is 310 g/mol. The van der Waals surface area contributed by atoms with E-state index in [2.05, 4.69) is 29.0 Å². The van der Waals surface area contributed by atoms with Crippen molar-refractivity contribution in [2.24, 2.45) is 0 Å². The Labute approximate surface area is 136 Å². The van der Waals surface area contributed by atoms with Crippen LogP contribution in [0.2, 0.25) is 0 Å². The highest BCUT2D eigenvalue weighted by atomic mass is 16.5. The van der Waals surface area contributed by atoms with Crippen LogP contribution in [-0.2, 0) is 17.7 Å². The monoisotopic (exact) mass is 310 g/mol. The van der Waals surface area contributed by atoms with Crippen LogP contribution in [0, 0.1) is 0 Å². The van der Waals surface area contributed by atoms with Gasteiger partial charge >= 0.3 is 0 Å². The summed E-state index contributed by atoms with van der Waals surface area (Å²) in [6.45, 7) is 5.34. The van der Waals surface area contributed by atoms with Gasteiger partial charge in [-0.05, 0) is 7.05 Å². The molecule has 0 amide bonds. The molecule has 2 aromatic rings. The number of hydrogen-bond acceptors (Lipinski definition) is 5. The Kier molecular flexibility index (Phi) is 3.97. The van der Waals surface area contributed by atoms with Crippen molar-refractivity contribution < 1.29 is 4.74 Å². The molecule has 0 aliphatic carbocycles. The molecule has 1 aromatic carbocycles. The number of hydrogen-bond donors (Lipinski definition) is 0. The van der Waals surface area contributed by atoms with Gasteiger partial charge in [0, 0.05) is 43.7 Å². The molecule has 1 aromatic heterocycles. The molecule has 0 unspecified atom stereocenters. The number of morpholine rings is 1. The van der Waals surface area contributed by atoms with Crippen LogP contribution in [0.15, 0.2) is 30.3 Å². The first-order chi connectivity index (χ1) is 11.3. The molecule has 3 heterocycles. The maximum absolute atomic E-state index is 5.51. The lowest BCUT2D eigenvalue weighted by Crippen LogP contribution is -2.39. The molecule has 4 rings (SSSR count). The van der Waals surface area contributed by atoms with Gasteiger partial charge in [-0.15, -0.1) is 0 Å². The van der Waals surface area contributed by atoms with Crippen LogP contribution in [-0.4, -0.2) is 54.8 Å². The summed E-state index contributed by atoms with van der Waals surface area (Å²) in [5.41, 5.74) is 3.59. The van der Waals surface area contributed by atoms with Crippen LogP contribution in [0.25, 0.3) is 11.4 Å². The number of benzene rings is 1. The maximum atomic E-state index is 5.51. The van der Waals surface area contributed by atoms with Gasteiger partial charge in [-0.2, -0.15) is 0 Å². The molecule has 1 fully saturated rings. The number of rotatable bonds is 2. The minimum absolute atomic E-state index is 0.773. The summed E-state index contributed by atoms with van der Waals surface area (Å²) in [4.78, 5) is 14.5. The Hall–Kier alpha value is -1.98. The lowest BCUT2D eigenvalue weighted by molar-refractivity contribution is 0.122. The fraction of sp³-hybridized carbons (Fsp3) is 0.444. The van der Waals surface area contributed by atoms with Crippen molar-refractivity contribution in [3.63, 3.8) is 0 Å². The van der Waals surface area contributed by atoms with Crippen molar-refractivity contribution in [1.82, 2.24) is 14.9 Å². The van der Waals surface area contributed by atoms with E-state index in [9.17, 15) is 0 Å². The van der Waals surface area contributed by atoms with Gasteiger partial charge in [-0.3, -0.25) is 0 Å². The minimum atomic E-state index is 0.773. The minimum Gasteiger partial charge on any atom is -0.378 e. The van der Waals surface area contributed by atoms with E-state index in [0.29, 0.717) is 0 Å². The molecule has 0 N–H and O–H groups in total. The lowest BCUT2D eigenvalue weighted by Gasteiger charge is -2.33. The highest BCUT2D eigenvalue weighted by Gasteiger charge is 2.25. The van der Waals surface area contributed by atoms with E-state index in [-0.39, 0.29) is 0 Å². The van der Waals surface area contributed by atoms with E-state index in [4.69, 9.17) is 14.7 Å². The Morgan fingerprint density at radius 2 is 1.78 bits per heavy atom. The number of fused-ring (bicyclic) bond motifs is 1. The van der Waals surface area contributed by atoms with Gasteiger partial charge in [-0.1, -0.05) is 30.3 Å². The SMILES string of the molecule is CN1CCc2nc(-c3ccccc3)nc(N3CCOCC3)c2C1. The van der Waals surface area contributed by atoms with E-state index in [1.165, 1.54) is 11.3 Å². The molecule has 1 saturated heterocycles. The third kappa shape index (κ3) is 2.94. The molecule has 120 valence electrons. The molecular weight excluding hydrogens is 288 g/mol. The van der Waals surface area contributed by atoms with Gasteiger partial charge in [0.15, 0.2) is 5.82 Å². The number of ether oxygens (including phenoxy) is 1. The highest BCUT2D eigenvalue weighted by Crippen LogP contribution is 2.29. The first-order valence-electron chi connectivity index (χ1n) is 8.28. The van der Waals surface area contributed by atoms with Crippen molar-refractivity contribution in [2.75, 3.05) is 44.8 Å². The number of likely N-dealkylation sites (N-methyl/N-ethyl adjacent to an activating group) is 1. The molecule has 2 aliphatic rings. The van der Waals surface area contributed by atoms with Crippen LogP contribution in [0.3, 0.4) is 0 Å². The fourth-order valence-electron chi connectivity index (χ4n) is 3.28. The first kappa shape index (κ1) is 14.6. The summed E-state index contributed by atoms with van der Waals surface area (Å²) in [5.74, 6) is 1.94. The van der Waals surface area contributed by atoms with Crippen LogP contribution in [0.1, 0.15) is 11.3 Å². The molecule has 0 bridgehead atoms. The topological polar surface area (TPSA) is 41.5 Å². The predicted molar refractivity (Wildman–Crippen MR) is 90.5 cm³/mol. The summed E-state index contributed by atoms with van der Waals surface area (Å²) in [5, 5.41) is 0. The van der Waals surface area contributed by atoms with Gasteiger partial charge in [0.2, 0.25) is 0 Å². The van der Waals surface area contributed by atoms with Crippen LogP contribution in [0.4, 0.5) is 5.82 Å². The molecule has 0 atom stereocenters. The van der Waals surface area contributed by atoms with E-state index < -0.39 is 0 Å². The molecule has 2 aliphatic heterocycles. The second-order valence-electron chi connectivity index (χ2n) is 6.25. The third-order valence-corrected chi connectivity index (χ3v) is 4.57. The van der Waals surface area contributed by atoms with E-state index in [1.54, 1.807) is 0 Å². The summed E-state index contributed by atoms with van der Waals surface area (Å²) >= 11 is 0. The standard InChI is InChI=1S/C18H22N4O/c1-21-8-7-16-15(13-21)18(22-9-11-23-12-10-22)20-17(19-16)14-5-3-2-4-6-14/h2-6H,7-13H2,1H3. The first-order valence-corrected chi connectivity index (χ1v) is 8.28. The van der Waals surface area contributed by atoms with Crippen molar-refractivity contribution in [3.05, 3.63) is 41.6 Å². The summed E-state index contributed by atoms with van der Waals surface area (Å²) in [6, 6.07) is 10.3. The molecule has 5 nitrogen and oxygen atoms in total. The molecule has 0 radical (unpaired) electrons. The van der Waals surface area contributed by atoms with Gasteiger partial charge in [-0.25, -0.2) is 9.97 Å². The zero-order chi connectivity index (χ0) is 15.6. The molecule has 0 saturated carbocycles. The average Bonchev–Trinajstić information content (AvgIpc) is 2.62. The Morgan fingerprint density at radius 1 is 1.00 bits per heavy atom. The smallest absolute Gasteiger partial charge is 0.161 e. The lowest BCUT2D eigenvalue weighted by atomic mass is 10.0. The van der Waals surface area contributed by atoms with Crippen molar-refractivity contribution in [2.45, 2.75) is 13.0 Å². The van der Waals surface area contributed by atoms with E-state index in [0.717, 1.165) is 63.0 Å². The number of aromatic nitrogens is 2. The zero-order valence-corrected chi connectivity index (χ0v) is 13.5. The summed E-state index contributed by atoms with van der Waals surface area (Å²) in [6.07, 6.45) is 0.992. The molecular formula is C18H22N4O. The third-order valence-electron chi connectivity index (χ3n) is 4.57. The molecule has 5 heteroatoms. The van der Waals surface area contributed by atoms with E-state index in [1.807, 2.05) is 18.2 Å². The summed E-state index contributed by atoms with van der Waals surface area (Å²) in [7, 11) is 2.16. The number of anilines is 1. The zero-order valence-electron chi connectivity index (χ0n) is 13.5. The molecule has 23 heavy (non-hydrogen) atoms. The molecule has 0 spiro atoms.